The van der Waals surface area contributed by atoms with Gasteiger partial charge >= 0.3 is 0 Å². The Kier molecular flexibility index (Phi) is 5.03. The molecule has 144 valence electrons. The Labute approximate surface area is 170 Å². The summed E-state index contributed by atoms with van der Waals surface area (Å²) in [6.07, 6.45) is 3.55. The first-order valence-electron chi connectivity index (χ1n) is 9.79. The molecule has 4 heteroatoms. The molecule has 28 heavy (non-hydrogen) atoms. The molecule has 1 aliphatic carbocycles. The molecule has 0 spiro atoms. The van der Waals surface area contributed by atoms with E-state index in [0.29, 0.717) is 17.5 Å². The number of benzene rings is 2. The van der Waals surface area contributed by atoms with Crippen LogP contribution in [0, 0.1) is 13.8 Å². The maximum atomic E-state index is 12.7. The van der Waals surface area contributed by atoms with Gasteiger partial charge in [0, 0.05) is 33.7 Å². The molecular formula is C24H25ClN2O. The van der Waals surface area contributed by atoms with Crippen LogP contribution in [0.25, 0.3) is 17.0 Å². The van der Waals surface area contributed by atoms with Gasteiger partial charge in [0.05, 0.1) is 0 Å². The highest BCUT2D eigenvalue weighted by Crippen LogP contribution is 2.34. The Morgan fingerprint density at radius 2 is 2.07 bits per heavy atom. The second-order valence-corrected chi connectivity index (χ2v) is 8.22. The van der Waals surface area contributed by atoms with Crippen molar-refractivity contribution in [3.63, 3.8) is 0 Å². The summed E-state index contributed by atoms with van der Waals surface area (Å²) in [5, 5.41) is 5.06. The molecule has 1 atom stereocenters. The summed E-state index contributed by atoms with van der Waals surface area (Å²) in [6, 6.07) is 12.3. The number of para-hydroxylation sites is 1. The lowest BCUT2D eigenvalue weighted by molar-refractivity contribution is -0.117. The Hall–Kier alpha value is -2.52. The zero-order valence-corrected chi connectivity index (χ0v) is 17.3. The van der Waals surface area contributed by atoms with E-state index in [1.54, 1.807) is 0 Å². The Morgan fingerprint density at radius 3 is 2.89 bits per heavy atom. The molecule has 1 aliphatic rings. The first-order valence-corrected chi connectivity index (χ1v) is 10.2. The van der Waals surface area contributed by atoms with Crippen molar-refractivity contribution >= 4 is 34.5 Å². The van der Waals surface area contributed by atoms with Crippen LogP contribution < -0.4 is 5.32 Å². The number of fused-ring (bicyclic) bond motifs is 2. The molecule has 0 aliphatic heterocycles. The van der Waals surface area contributed by atoms with Gasteiger partial charge in [0.15, 0.2) is 0 Å². The van der Waals surface area contributed by atoms with Crippen LogP contribution in [0.4, 0.5) is 0 Å². The van der Waals surface area contributed by atoms with E-state index >= 15 is 0 Å². The minimum absolute atomic E-state index is 0.0196. The quantitative estimate of drug-likeness (QED) is 0.588. The van der Waals surface area contributed by atoms with Gasteiger partial charge in [-0.3, -0.25) is 4.79 Å². The number of hydrogen-bond acceptors (Lipinski definition) is 1. The normalized spacial score (nSPS) is 16.0. The highest BCUT2D eigenvalue weighted by atomic mass is 35.5. The van der Waals surface area contributed by atoms with Crippen LogP contribution in [-0.4, -0.2) is 17.4 Å². The maximum absolute atomic E-state index is 12.7. The number of aromatic amines is 1. The largest absolute Gasteiger partial charge is 0.358 e. The lowest BCUT2D eigenvalue weighted by atomic mass is 9.84. The summed E-state index contributed by atoms with van der Waals surface area (Å²) in [4.78, 5) is 16.2. The Bertz CT molecular complexity index is 1090. The molecule has 0 saturated heterocycles. The van der Waals surface area contributed by atoms with E-state index in [0.717, 1.165) is 24.0 Å². The lowest BCUT2D eigenvalue weighted by Crippen LogP contribution is -2.28. The number of hydrogen-bond donors (Lipinski definition) is 2. The summed E-state index contributed by atoms with van der Waals surface area (Å²) in [7, 11) is 0. The van der Waals surface area contributed by atoms with Gasteiger partial charge in [-0.2, -0.15) is 0 Å². The van der Waals surface area contributed by atoms with E-state index in [2.05, 4.69) is 55.3 Å². The van der Waals surface area contributed by atoms with Gasteiger partial charge in [0.25, 0.3) is 0 Å². The number of nitrogens with one attached hydrogen (secondary N) is 2. The van der Waals surface area contributed by atoms with Gasteiger partial charge in [-0.05, 0) is 73.1 Å². The topological polar surface area (TPSA) is 44.9 Å². The monoisotopic (exact) mass is 392 g/mol. The predicted octanol–water partition coefficient (Wildman–Crippen LogP) is 5.69. The number of carbonyl (C=O) groups is 1. The van der Waals surface area contributed by atoms with Crippen molar-refractivity contribution in [2.24, 2.45) is 0 Å². The van der Waals surface area contributed by atoms with Crippen LogP contribution in [0.2, 0.25) is 5.02 Å². The number of carbonyl (C=O) groups excluding carboxylic acids is 1. The van der Waals surface area contributed by atoms with Crippen LogP contribution in [0.3, 0.4) is 0 Å². The molecule has 1 unspecified atom stereocenters. The summed E-state index contributed by atoms with van der Waals surface area (Å²) in [5.41, 5.74) is 8.03. The highest BCUT2D eigenvalue weighted by Gasteiger charge is 2.22. The van der Waals surface area contributed by atoms with E-state index < -0.39 is 0 Å². The predicted molar refractivity (Wildman–Crippen MR) is 117 cm³/mol. The highest BCUT2D eigenvalue weighted by molar-refractivity contribution is 6.30. The first-order chi connectivity index (χ1) is 13.4. The third-order valence-electron chi connectivity index (χ3n) is 5.75. The second kappa shape index (κ2) is 7.48. The Morgan fingerprint density at radius 1 is 1.25 bits per heavy atom. The molecule has 0 bridgehead atoms. The fourth-order valence-electron chi connectivity index (χ4n) is 4.25. The molecule has 0 saturated carbocycles. The van der Waals surface area contributed by atoms with E-state index in [-0.39, 0.29) is 5.91 Å². The van der Waals surface area contributed by atoms with Gasteiger partial charge in [-0.15, -0.1) is 0 Å². The zero-order valence-electron chi connectivity index (χ0n) is 16.5. The molecule has 1 amide bonds. The van der Waals surface area contributed by atoms with Crippen LogP contribution >= 0.6 is 11.6 Å². The summed E-state index contributed by atoms with van der Waals surface area (Å²) >= 11 is 6.13. The van der Waals surface area contributed by atoms with E-state index in [1.807, 2.05) is 18.2 Å². The van der Waals surface area contributed by atoms with Crippen molar-refractivity contribution < 1.29 is 4.79 Å². The fourth-order valence-corrected chi connectivity index (χ4v) is 4.43. The molecule has 0 radical (unpaired) electrons. The molecule has 2 N–H and O–H groups in total. The molecular weight excluding hydrogens is 368 g/mol. The third-order valence-corrected chi connectivity index (χ3v) is 5.99. The third kappa shape index (κ3) is 3.47. The second-order valence-electron chi connectivity index (χ2n) is 7.78. The molecule has 4 rings (SSSR count). The molecule has 1 heterocycles. The van der Waals surface area contributed by atoms with Crippen LogP contribution in [0.1, 0.15) is 47.2 Å². The van der Waals surface area contributed by atoms with Crippen molar-refractivity contribution in [1.29, 1.82) is 0 Å². The number of halogens is 1. The molecule has 0 fully saturated rings. The zero-order chi connectivity index (χ0) is 19.8. The summed E-state index contributed by atoms with van der Waals surface area (Å²) in [6.45, 7) is 6.99. The fraction of sp³-hybridized carbons (Fsp3) is 0.292. The standard InChI is InChI=1S/C24H25ClN2O/c1-14-5-4-6-22-21(16(3)27-23(14)22)9-10-26-24(28)18-11-15(2)20-8-7-19(25)13-17(20)12-18/h4-8,12-13,15,27H,9-11H2,1-3H3,(H,26,28). The van der Waals surface area contributed by atoms with Gasteiger partial charge < -0.3 is 10.3 Å². The molecule has 1 aromatic heterocycles. The molecule has 3 aromatic rings. The average molecular weight is 393 g/mol. The molecule has 3 nitrogen and oxygen atoms in total. The van der Waals surface area contributed by atoms with Crippen molar-refractivity contribution in [2.45, 2.75) is 39.5 Å². The minimum atomic E-state index is 0.0196. The number of amides is 1. The van der Waals surface area contributed by atoms with Crippen LogP contribution in [0.15, 0.2) is 42.0 Å². The SMILES string of the molecule is Cc1[nH]c2c(C)cccc2c1CCNC(=O)C1=Cc2cc(Cl)ccc2C(C)C1. The van der Waals surface area contributed by atoms with Gasteiger partial charge in [-0.25, -0.2) is 0 Å². The van der Waals surface area contributed by atoms with Crippen molar-refractivity contribution in [1.82, 2.24) is 10.3 Å². The van der Waals surface area contributed by atoms with Crippen LogP contribution in [-0.2, 0) is 11.2 Å². The van der Waals surface area contributed by atoms with Crippen molar-refractivity contribution in [2.75, 3.05) is 6.54 Å². The summed E-state index contributed by atoms with van der Waals surface area (Å²) < 4.78 is 0. The van der Waals surface area contributed by atoms with Gasteiger partial charge in [-0.1, -0.05) is 42.8 Å². The van der Waals surface area contributed by atoms with E-state index in [4.69, 9.17) is 11.6 Å². The van der Waals surface area contributed by atoms with E-state index in [9.17, 15) is 4.79 Å². The first kappa shape index (κ1) is 18.8. The van der Waals surface area contributed by atoms with Gasteiger partial charge in [0.2, 0.25) is 5.91 Å². The van der Waals surface area contributed by atoms with Crippen molar-refractivity contribution in [3.8, 4) is 0 Å². The maximum Gasteiger partial charge on any atom is 0.247 e. The lowest BCUT2D eigenvalue weighted by Gasteiger charge is -2.22. The number of rotatable bonds is 4. The smallest absolute Gasteiger partial charge is 0.247 e. The minimum Gasteiger partial charge on any atom is -0.358 e. The number of aryl methyl sites for hydroxylation is 2. The van der Waals surface area contributed by atoms with Crippen molar-refractivity contribution in [3.05, 3.63) is 74.9 Å². The van der Waals surface area contributed by atoms with Crippen LogP contribution in [0.5, 0.6) is 0 Å². The number of aromatic nitrogens is 1. The Balaban J connectivity index is 1.47. The van der Waals surface area contributed by atoms with E-state index in [1.165, 1.54) is 33.3 Å². The van der Waals surface area contributed by atoms with Gasteiger partial charge in [0.1, 0.15) is 0 Å². The average Bonchev–Trinajstić information content (AvgIpc) is 2.98. The summed E-state index contributed by atoms with van der Waals surface area (Å²) in [5.74, 6) is 0.336. The molecule has 2 aromatic carbocycles. The number of H-pyrrole nitrogens is 1.